The van der Waals surface area contributed by atoms with Crippen molar-refractivity contribution in [2.24, 2.45) is 5.92 Å². The van der Waals surface area contributed by atoms with Crippen molar-refractivity contribution in [3.05, 3.63) is 0 Å². The van der Waals surface area contributed by atoms with Gasteiger partial charge in [0.1, 0.15) is 6.04 Å². The third-order valence-corrected chi connectivity index (χ3v) is 5.52. The van der Waals surface area contributed by atoms with Crippen molar-refractivity contribution in [1.29, 1.82) is 0 Å². The van der Waals surface area contributed by atoms with Crippen molar-refractivity contribution < 1.29 is 9.90 Å². The van der Waals surface area contributed by atoms with Gasteiger partial charge in [-0.25, -0.2) is 0 Å². The predicted octanol–water partition coefficient (Wildman–Crippen LogP) is 2.12. The molecule has 1 saturated carbocycles. The lowest BCUT2D eigenvalue weighted by Crippen LogP contribution is -2.43. The standard InChI is InChI=1S/C10H15Cl2NO2S/c11-5-1-2-6(7(12)3-5)9-13-8(4-16-9)10(14)15/h5-9,13H,1-4H2,(H,14,15). The molecule has 1 aliphatic carbocycles. The van der Waals surface area contributed by atoms with E-state index in [-0.39, 0.29) is 16.1 Å². The van der Waals surface area contributed by atoms with Crippen LogP contribution in [0.5, 0.6) is 0 Å². The minimum absolute atomic E-state index is 0.0637. The van der Waals surface area contributed by atoms with Gasteiger partial charge in [-0.05, 0) is 19.3 Å². The average molecular weight is 284 g/mol. The molecule has 0 aromatic heterocycles. The van der Waals surface area contributed by atoms with Gasteiger partial charge in [-0.2, -0.15) is 0 Å². The highest BCUT2D eigenvalue weighted by molar-refractivity contribution is 8.00. The molecule has 0 spiro atoms. The lowest BCUT2D eigenvalue weighted by atomic mass is 9.88. The molecule has 1 heterocycles. The van der Waals surface area contributed by atoms with Crippen LogP contribution in [0, 0.1) is 5.92 Å². The zero-order valence-corrected chi connectivity index (χ0v) is 11.1. The molecule has 92 valence electrons. The van der Waals surface area contributed by atoms with E-state index in [9.17, 15) is 4.79 Å². The number of aliphatic carboxylic acids is 1. The summed E-state index contributed by atoms with van der Waals surface area (Å²) in [4.78, 5) is 10.8. The summed E-state index contributed by atoms with van der Waals surface area (Å²) in [6.07, 6.45) is 2.79. The minimum Gasteiger partial charge on any atom is -0.480 e. The monoisotopic (exact) mass is 283 g/mol. The van der Waals surface area contributed by atoms with E-state index in [4.69, 9.17) is 28.3 Å². The van der Waals surface area contributed by atoms with Crippen molar-refractivity contribution in [3.8, 4) is 0 Å². The Hall–Kier alpha value is 0.360. The molecule has 0 radical (unpaired) electrons. The summed E-state index contributed by atoms with van der Waals surface area (Å²) in [7, 11) is 0. The molecule has 0 aromatic rings. The summed E-state index contributed by atoms with van der Waals surface area (Å²) in [6, 6.07) is -0.424. The van der Waals surface area contributed by atoms with Gasteiger partial charge in [0.2, 0.25) is 0 Å². The number of thioether (sulfide) groups is 1. The van der Waals surface area contributed by atoms with Crippen LogP contribution in [0.25, 0.3) is 0 Å². The van der Waals surface area contributed by atoms with Crippen LogP contribution >= 0.6 is 35.0 Å². The van der Waals surface area contributed by atoms with E-state index in [0.717, 1.165) is 19.3 Å². The normalized spacial score (nSPS) is 44.5. The molecule has 0 amide bonds. The molecule has 3 nitrogen and oxygen atoms in total. The van der Waals surface area contributed by atoms with Crippen LogP contribution < -0.4 is 5.32 Å². The van der Waals surface area contributed by atoms with Crippen LogP contribution in [0.1, 0.15) is 19.3 Å². The second-order valence-electron chi connectivity index (χ2n) is 4.40. The smallest absolute Gasteiger partial charge is 0.321 e. The highest BCUT2D eigenvalue weighted by atomic mass is 35.5. The highest BCUT2D eigenvalue weighted by Gasteiger charge is 2.39. The molecule has 0 aromatic carbocycles. The molecule has 0 bridgehead atoms. The summed E-state index contributed by atoms with van der Waals surface area (Å²) in [5, 5.41) is 12.5. The second kappa shape index (κ2) is 5.34. The number of carboxylic acids is 1. The molecule has 1 aliphatic heterocycles. The molecule has 2 rings (SSSR count). The van der Waals surface area contributed by atoms with E-state index in [0.29, 0.717) is 11.7 Å². The van der Waals surface area contributed by atoms with Gasteiger partial charge in [0.15, 0.2) is 0 Å². The third-order valence-electron chi connectivity index (χ3n) is 3.25. The van der Waals surface area contributed by atoms with Gasteiger partial charge in [-0.3, -0.25) is 10.1 Å². The number of carboxylic acid groups (broad SMARTS) is 1. The first-order valence-electron chi connectivity index (χ1n) is 5.46. The van der Waals surface area contributed by atoms with Crippen molar-refractivity contribution >= 4 is 40.9 Å². The van der Waals surface area contributed by atoms with Gasteiger partial charge in [0.25, 0.3) is 0 Å². The third kappa shape index (κ3) is 2.78. The first kappa shape index (κ1) is 12.8. The van der Waals surface area contributed by atoms with Crippen molar-refractivity contribution in [2.75, 3.05) is 5.75 Å². The maximum absolute atomic E-state index is 10.8. The van der Waals surface area contributed by atoms with Crippen LogP contribution in [0.4, 0.5) is 0 Å². The molecule has 1 saturated heterocycles. The van der Waals surface area contributed by atoms with E-state index in [1.54, 1.807) is 11.8 Å². The SMILES string of the molecule is O=C(O)C1CSC(C2CCC(Cl)CC2Cl)N1. The molecule has 2 N–H and O–H groups in total. The van der Waals surface area contributed by atoms with Gasteiger partial charge >= 0.3 is 5.97 Å². The number of halogens is 2. The minimum atomic E-state index is -0.771. The number of alkyl halides is 2. The van der Waals surface area contributed by atoms with E-state index in [1.165, 1.54) is 0 Å². The predicted molar refractivity (Wildman–Crippen MR) is 67.4 cm³/mol. The number of rotatable bonds is 2. The van der Waals surface area contributed by atoms with Crippen LogP contribution in [-0.4, -0.2) is 39.0 Å². The van der Waals surface area contributed by atoms with E-state index < -0.39 is 12.0 Å². The summed E-state index contributed by atoms with van der Waals surface area (Å²) < 4.78 is 0. The fourth-order valence-corrected chi connectivity index (χ4v) is 4.77. The molecule has 16 heavy (non-hydrogen) atoms. The van der Waals surface area contributed by atoms with Crippen LogP contribution in [0.2, 0.25) is 0 Å². The first-order valence-corrected chi connectivity index (χ1v) is 7.38. The Kier molecular flexibility index (Phi) is 4.27. The maximum atomic E-state index is 10.8. The van der Waals surface area contributed by atoms with Crippen molar-refractivity contribution in [3.63, 3.8) is 0 Å². The van der Waals surface area contributed by atoms with Crippen LogP contribution in [0.15, 0.2) is 0 Å². The number of hydrogen-bond acceptors (Lipinski definition) is 3. The molecule has 2 fully saturated rings. The zero-order chi connectivity index (χ0) is 11.7. The Morgan fingerprint density at radius 3 is 2.69 bits per heavy atom. The molecule has 5 unspecified atom stereocenters. The summed E-state index contributed by atoms with van der Waals surface area (Å²) >= 11 is 14.0. The molecular weight excluding hydrogens is 269 g/mol. The van der Waals surface area contributed by atoms with Gasteiger partial charge in [0, 0.05) is 22.4 Å². The topological polar surface area (TPSA) is 49.3 Å². The van der Waals surface area contributed by atoms with Crippen molar-refractivity contribution in [1.82, 2.24) is 5.32 Å². The van der Waals surface area contributed by atoms with E-state index in [2.05, 4.69) is 5.32 Å². The van der Waals surface area contributed by atoms with E-state index >= 15 is 0 Å². The maximum Gasteiger partial charge on any atom is 0.321 e. The zero-order valence-electron chi connectivity index (χ0n) is 8.73. The lowest BCUT2D eigenvalue weighted by Gasteiger charge is -2.33. The highest BCUT2D eigenvalue weighted by Crippen LogP contribution is 2.39. The Morgan fingerprint density at radius 1 is 1.38 bits per heavy atom. The first-order chi connectivity index (χ1) is 7.58. The van der Waals surface area contributed by atoms with Crippen LogP contribution in [0.3, 0.4) is 0 Å². The van der Waals surface area contributed by atoms with Crippen molar-refractivity contribution in [2.45, 2.75) is 41.4 Å². The second-order valence-corrected chi connectivity index (χ2v) is 6.75. The largest absolute Gasteiger partial charge is 0.480 e. The summed E-state index contributed by atoms with van der Waals surface area (Å²) in [5.74, 6) is 0.197. The summed E-state index contributed by atoms with van der Waals surface area (Å²) in [5.41, 5.74) is 0. The quantitative estimate of drug-likeness (QED) is 0.763. The average Bonchev–Trinajstić information content (AvgIpc) is 2.66. The molecule has 2 aliphatic rings. The fraction of sp³-hybridized carbons (Fsp3) is 0.900. The molecular formula is C10H15Cl2NO2S. The molecule has 5 atom stereocenters. The van der Waals surface area contributed by atoms with Gasteiger partial charge in [0.05, 0.1) is 5.37 Å². The Bertz CT molecular complexity index is 280. The van der Waals surface area contributed by atoms with Gasteiger partial charge < -0.3 is 5.11 Å². The Labute approximate surface area is 109 Å². The Balaban J connectivity index is 1.91. The lowest BCUT2D eigenvalue weighted by molar-refractivity contribution is -0.138. The fourth-order valence-electron chi connectivity index (χ4n) is 2.32. The van der Waals surface area contributed by atoms with Gasteiger partial charge in [-0.15, -0.1) is 35.0 Å². The molecule has 6 heteroatoms. The summed E-state index contributed by atoms with van der Waals surface area (Å²) in [6.45, 7) is 0. The Morgan fingerprint density at radius 2 is 2.12 bits per heavy atom. The van der Waals surface area contributed by atoms with Crippen LogP contribution in [-0.2, 0) is 4.79 Å². The number of nitrogens with one attached hydrogen (secondary N) is 1. The number of hydrogen-bond donors (Lipinski definition) is 2. The van der Waals surface area contributed by atoms with Gasteiger partial charge in [-0.1, -0.05) is 0 Å². The van der Waals surface area contributed by atoms with E-state index in [1.807, 2.05) is 0 Å². The number of carbonyl (C=O) groups is 1.